The maximum atomic E-state index is 13.1. The van der Waals surface area contributed by atoms with Crippen molar-refractivity contribution in [1.82, 2.24) is 19.5 Å². The van der Waals surface area contributed by atoms with Gasteiger partial charge in [-0.1, -0.05) is 0 Å². The largest absolute Gasteiger partial charge is 0.337 e. The van der Waals surface area contributed by atoms with Crippen molar-refractivity contribution in [3.05, 3.63) is 36.5 Å². The summed E-state index contributed by atoms with van der Waals surface area (Å²) in [4.78, 5) is 11.7. The van der Waals surface area contributed by atoms with Crippen LogP contribution >= 0.6 is 0 Å². The predicted molar refractivity (Wildman–Crippen MR) is 66.3 cm³/mol. The molecule has 0 radical (unpaired) electrons. The molecule has 5 nitrogen and oxygen atoms in total. The van der Waals surface area contributed by atoms with Crippen molar-refractivity contribution in [2.24, 2.45) is 5.73 Å². The van der Waals surface area contributed by atoms with Gasteiger partial charge in [0.15, 0.2) is 5.82 Å². The second kappa shape index (κ2) is 4.23. The average Bonchev–Trinajstić information content (AvgIpc) is 2.94. The number of H-pyrrole nitrogens is 1. The summed E-state index contributed by atoms with van der Waals surface area (Å²) in [5.74, 6) is 0.345. The highest BCUT2D eigenvalue weighted by atomic mass is 19.1. The van der Waals surface area contributed by atoms with Gasteiger partial charge in [-0.3, -0.25) is 0 Å². The van der Waals surface area contributed by atoms with Crippen LogP contribution in [0.4, 0.5) is 4.39 Å². The highest BCUT2D eigenvalue weighted by Gasteiger charge is 2.08. The van der Waals surface area contributed by atoms with Crippen molar-refractivity contribution < 1.29 is 4.39 Å². The van der Waals surface area contributed by atoms with Crippen LogP contribution in [0.1, 0.15) is 0 Å². The van der Waals surface area contributed by atoms with E-state index in [1.165, 1.54) is 12.1 Å². The molecule has 3 rings (SSSR count). The first-order valence-corrected chi connectivity index (χ1v) is 5.64. The number of nitrogens with two attached hydrogens (primary N) is 1. The summed E-state index contributed by atoms with van der Waals surface area (Å²) < 4.78 is 15.0. The first-order chi connectivity index (χ1) is 8.76. The van der Waals surface area contributed by atoms with Gasteiger partial charge in [-0.05, 0) is 18.2 Å². The van der Waals surface area contributed by atoms with Gasteiger partial charge in [0.25, 0.3) is 0 Å². The van der Waals surface area contributed by atoms with E-state index in [9.17, 15) is 4.39 Å². The van der Waals surface area contributed by atoms with Crippen molar-refractivity contribution in [1.29, 1.82) is 0 Å². The topological polar surface area (TPSA) is 72.5 Å². The van der Waals surface area contributed by atoms with Gasteiger partial charge in [-0.15, -0.1) is 0 Å². The molecule has 0 amide bonds. The number of halogens is 1. The second-order valence-corrected chi connectivity index (χ2v) is 4.03. The molecule has 0 unspecified atom stereocenters. The Morgan fingerprint density at radius 3 is 3.11 bits per heavy atom. The molecule has 0 bridgehead atoms. The Morgan fingerprint density at radius 2 is 2.28 bits per heavy atom. The SMILES string of the molecule is NCCn1cnc(-c2nc3ccc(F)cc3[nH]2)c1. The van der Waals surface area contributed by atoms with Crippen LogP contribution in [0.3, 0.4) is 0 Å². The summed E-state index contributed by atoms with van der Waals surface area (Å²) in [6, 6.07) is 4.45. The van der Waals surface area contributed by atoms with Gasteiger partial charge < -0.3 is 15.3 Å². The minimum Gasteiger partial charge on any atom is -0.337 e. The van der Waals surface area contributed by atoms with E-state index in [2.05, 4.69) is 15.0 Å². The molecule has 0 aliphatic heterocycles. The fourth-order valence-electron chi connectivity index (χ4n) is 1.86. The van der Waals surface area contributed by atoms with Crippen molar-refractivity contribution in [2.75, 3.05) is 6.54 Å². The fourth-order valence-corrected chi connectivity index (χ4v) is 1.86. The van der Waals surface area contributed by atoms with Crippen LogP contribution in [0.2, 0.25) is 0 Å². The smallest absolute Gasteiger partial charge is 0.158 e. The molecule has 0 fully saturated rings. The fraction of sp³-hybridized carbons (Fsp3) is 0.167. The third-order valence-corrected chi connectivity index (χ3v) is 2.71. The molecular formula is C12H12FN5. The Labute approximate surface area is 102 Å². The van der Waals surface area contributed by atoms with E-state index in [-0.39, 0.29) is 5.82 Å². The first kappa shape index (κ1) is 10.9. The molecule has 0 saturated heterocycles. The van der Waals surface area contributed by atoms with Crippen molar-refractivity contribution >= 4 is 11.0 Å². The van der Waals surface area contributed by atoms with E-state index >= 15 is 0 Å². The lowest BCUT2D eigenvalue weighted by Crippen LogP contribution is -2.07. The van der Waals surface area contributed by atoms with Crippen molar-refractivity contribution in [2.45, 2.75) is 6.54 Å². The van der Waals surface area contributed by atoms with Gasteiger partial charge in [-0.2, -0.15) is 0 Å². The van der Waals surface area contributed by atoms with Crippen LogP contribution in [0.25, 0.3) is 22.6 Å². The molecule has 0 aliphatic carbocycles. The normalized spacial score (nSPS) is 11.2. The summed E-state index contributed by atoms with van der Waals surface area (Å²) in [6.45, 7) is 1.27. The number of fused-ring (bicyclic) bond motifs is 1. The number of nitrogens with one attached hydrogen (secondary N) is 1. The molecule has 0 aliphatic rings. The van der Waals surface area contributed by atoms with Crippen LogP contribution in [0.5, 0.6) is 0 Å². The van der Waals surface area contributed by atoms with Crippen LogP contribution in [0, 0.1) is 5.82 Å². The number of hydrogen-bond acceptors (Lipinski definition) is 3. The third-order valence-electron chi connectivity index (χ3n) is 2.71. The van der Waals surface area contributed by atoms with Gasteiger partial charge in [0, 0.05) is 19.3 Å². The van der Waals surface area contributed by atoms with Gasteiger partial charge in [0.05, 0.1) is 17.4 Å². The minimum atomic E-state index is -0.286. The van der Waals surface area contributed by atoms with E-state index < -0.39 is 0 Å². The molecule has 3 N–H and O–H groups in total. The molecule has 0 spiro atoms. The maximum Gasteiger partial charge on any atom is 0.158 e. The lowest BCUT2D eigenvalue weighted by molar-refractivity contribution is 0.629. The van der Waals surface area contributed by atoms with Gasteiger partial charge in [0.2, 0.25) is 0 Å². The van der Waals surface area contributed by atoms with E-state index in [1.54, 1.807) is 12.4 Å². The highest BCUT2D eigenvalue weighted by molar-refractivity contribution is 5.78. The molecule has 3 aromatic rings. The molecular weight excluding hydrogens is 233 g/mol. The number of hydrogen-bond donors (Lipinski definition) is 2. The Morgan fingerprint density at radius 1 is 1.39 bits per heavy atom. The monoisotopic (exact) mass is 245 g/mol. The van der Waals surface area contributed by atoms with Gasteiger partial charge >= 0.3 is 0 Å². The Balaban J connectivity index is 2.02. The van der Waals surface area contributed by atoms with Crippen LogP contribution in [-0.4, -0.2) is 26.1 Å². The molecule has 18 heavy (non-hydrogen) atoms. The molecule has 6 heteroatoms. The molecule has 0 atom stereocenters. The van der Waals surface area contributed by atoms with Gasteiger partial charge in [-0.25, -0.2) is 14.4 Å². The third kappa shape index (κ3) is 1.86. The van der Waals surface area contributed by atoms with E-state index in [4.69, 9.17) is 5.73 Å². The summed E-state index contributed by atoms with van der Waals surface area (Å²) in [6.07, 6.45) is 3.57. The number of benzene rings is 1. The Bertz CT molecular complexity index is 685. The number of rotatable bonds is 3. The zero-order valence-corrected chi connectivity index (χ0v) is 9.60. The van der Waals surface area contributed by atoms with Crippen LogP contribution < -0.4 is 5.73 Å². The molecule has 2 heterocycles. The van der Waals surface area contributed by atoms with E-state index in [0.29, 0.717) is 24.4 Å². The van der Waals surface area contributed by atoms with E-state index in [0.717, 1.165) is 11.2 Å². The highest BCUT2D eigenvalue weighted by Crippen LogP contribution is 2.19. The molecule has 92 valence electrons. The van der Waals surface area contributed by atoms with Crippen LogP contribution in [0.15, 0.2) is 30.7 Å². The van der Waals surface area contributed by atoms with Crippen molar-refractivity contribution in [3.63, 3.8) is 0 Å². The standard InChI is InChI=1S/C12H12FN5/c13-8-1-2-9-10(5-8)17-12(16-9)11-6-18(4-3-14)7-15-11/h1-2,5-7H,3-4,14H2,(H,16,17). The zero-order valence-electron chi connectivity index (χ0n) is 9.60. The molecule has 0 saturated carbocycles. The zero-order chi connectivity index (χ0) is 12.5. The van der Waals surface area contributed by atoms with Gasteiger partial charge in [0.1, 0.15) is 11.5 Å². The van der Waals surface area contributed by atoms with Crippen LogP contribution in [-0.2, 0) is 6.54 Å². The number of nitrogens with zero attached hydrogens (tertiary/aromatic N) is 3. The Hall–Kier alpha value is -2.21. The first-order valence-electron chi connectivity index (χ1n) is 5.64. The summed E-state index contributed by atoms with van der Waals surface area (Å²) >= 11 is 0. The Kier molecular flexibility index (Phi) is 2.56. The molecule has 2 aromatic heterocycles. The number of aromatic amines is 1. The minimum absolute atomic E-state index is 0.286. The summed E-state index contributed by atoms with van der Waals surface area (Å²) in [5, 5.41) is 0. The maximum absolute atomic E-state index is 13.1. The summed E-state index contributed by atoms with van der Waals surface area (Å²) in [7, 11) is 0. The molecule has 1 aromatic carbocycles. The number of aromatic nitrogens is 4. The summed E-state index contributed by atoms with van der Waals surface area (Å²) in [5.41, 5.74) is 7.58. The lowest BCUT2D eigenvalue weighted by Gasteiger charge is -1.94. The lowest BCUT2D eigenvalue weighted by atomic mass is 10.3. The quantitative estimate of drug-likeness (QED) is 0.735. The second-order valence-electron chi connectivity index (χ2n) is 4.03. The average molecular weight is 245 g/mol. The van der Waals surface area contributed by atoms with E-state index in [1.807, 2.05) is 10.8 Å². The van der Waals surface area contributed by atoms with Crippen molar-refractivity contribution in [3.8, 4) is 11.5 Å². The number of imidazole rings is 2. The predicted octanol–water partition coefficient (Wildman–Crippen LogP) is 1.52.